The summed E-state index contributed by atoms with van der Waals surface area (Å²) in [6.45, 7) is 0. The fourth-order valence-corrected chi connectivity index (χ4v) is 9.61. The first-order valence-electron chi connectivity index (χ1n) is 19.5. The predicted molar refractivity (Wildman–Crippen MR) is 242 cm³/mol. The van der Waals surface area contributed by atoms with Gasteiger partial charge in [0, 0.05) is 53.3 Å². The van der Waals surface area contributed by atoms with E-state index in [0.29, 0.717) is 28.9 Å². The van der Waals surface area contributed by atoms with Crippen LogP contribution in [0.2, 0.25) is 0 Å². The van der Waals surface area contributed by atoms with Crippen molar-refractivity contribution in [1.29, 1.82) is 0 Å². The van der Waals surface area contributed by atoms with Gasteiger partial charge < -0.3 is 8.98 Å². The molecule has 6 nitrogen and oxygen atoms in total. The fourth-order valence-electron chi connectivity index (χ4n) is 8.37. The maximum Gasteiger partial charge on any atom is 0.227 e. The second kappa shape index (κ2) is 13.4. The number of para-hydroxylation sites is 3. The summed E-state index contributed by atoms with van der Waals surface area (Å²) in [5.74, 6) is 2.18. The number of oxazole rings is 1. The molecule has 0 aliphatic heterocycles. The third-order valence-electron chi connectivity index (χ3n) is 11.1. The van der Waals surface area contributed by atoms with E-state index in [-0.39, 0.29) is 0 Å². The van der Waals surface area contributed by atoms with Crippen LogP contribution in [0.1, 0.15) is 0 Å². The molecule has 276 valence electrons. The average Bonchev–Trinajstić information content (AvgIpc) is 4.02. The first kappa shape index (κ1) is 33.4. The van der Waals surface area contributed by atoms with Crippen molar-refractivity contribution in [2.75, 3.05) is 0 Å². The van der Waals surface area contributed by atoms with Crippen molar-refractivity contribution < 1.29 is 4.42 Å². The predicted octanol–water partition coefficient (Wildman–Crippen LogP) is 13.8. The van der Waals surface area contributed by atoms with Crippen molar-refractivity contribution in [3.63, 3.8) is 0 Å². The quantitative estimate of drug-likeness (QED) is 0.168. The number of rotatable bonds is 6. The molecule has 0 saturated heterocycles. The Morgan fingerprint density at radius 3 is 1.78 bits per heavy atom. The van der Waals surface area contributed by atoms with Gasteiger partial charge in [-0.25, -0.2) is 19.9 Å². The summed E-state index contributed by atoms with van der Waals surface area (Å²) in [6, 6.07) is 65.2. The molecule has 0 aliphatic carbocycles. The number of hydrogen-bond donors (Lipinski definition) is 0. The molecule has 0 radical (unpaired) electrons. The van der Waals surface area contributed by atoms with Gasteiger partial charge in [0.05, 0.1) is 16.6 Å². The van der Waals surface area contributed by atoms with E-state index in [2.05, 4.69) is 144 Å². The van der Waals surface area contributed by atoms with Crippen molar-refractivity contribution in [3.05, 3.63) is 188 Å². The largest absolute Gasteiger partial charge is 0.435 e. The highest BCUT2D eigenvalue weighted by Crippen LogP contribution is 2.41. The minimum atomic E-state index is 0.505. The zero-order valence-corrected chi connectivity index (χ0v) is 32.3. The number of nitrogens with zero attached hydrogens (tertiary/aromatic N) is 5. The molecule has 0 N–H and O–H groups in total. The zero-order chi connectivity index (χ0) is 38.9. The van der Waals surface area contributed by atoms with Crippen LogP contribution in [0, 0.1) is 0 Å². The molecule has 0 fully saturated rings. The van der Waals surface area contributed by atoms with Crippen molar-refractivity contribution >= 4 is 64.4 Å². The van der Waals surface area contributed by atoms with Gasteiger partial charge in [0.15, 0.2) is 23.1 Å². The standard InChI is InChI=1S/C52H31N5OS/c1-2-14-32(15-3-1)52-53-43-26-13-25-42(47(43)58-52)51-55-49(34-17-10-16-33(30-34)37-23-12-24-41-40-22-6-9-29-46(40)59-48(37)41)54-50(56-51)35-18-11-19-36(31-35)57-44-27-7-4-20-38(44)39-21-5-8-28-45(39)57/h1-31H. The summed E-state index contributed by atoms with van der Waals surface area (Å²) in [4.78, 5) is 20.5. The van der Waals surface area contributed by atoms with Crippen LogP contribution in [-0.2, 0) is 0 Å². The van der Waals surface area contributed by atoms with E-state index in [4.69, 9.17) is 24.4 Å². The molecular formula is C52H31N5OS. The zero-order valence-electron chi connectivity index (χ0n) is 31.5. The van der Waals surface area contributed by atoms with Gasteiger partial charge in [-0.05, 0) is 71.8 Å². The molecule has 7 heteroatoms. The third-order valence-corrected chi connectivity index (χ3v) is 12.3. The Morgan fingerprint density at radius 1 is 0.407 bits per heavy atom. The monoisotopic (exact) mass is 773 g/mol. The minimum Gasteiger partial charge on any atom is -0.435 e. The van der Waals surface area contributed by atoms with Gasteiger partial charge in [-0.3, -0.25) is 0 Å². The molecule has 12 rings (SSSR count). The summed E-state index contributed by atoms with van der Waals surface area (Å²) >= 11 is 1.83. The first-order valence-corrected chi connectivity index (χ1v) is 20.4. The lowest BCUT2D eigenvalue weighted by Crippen LogP contribution is -2.01. The summed E-state index contributed by atoms with van der Waals surface area (Å²) in [7, 11) is 0. The molecule has 0 amide bonds. The van der Waals surface area contributed by atoms with Crippen LogP contribution < -0.4 is 0 Å². The smallest absolute Gasteiger partial charge is 0.227 e. The lowest BCUT2D eigenvalue weighted by molar-refractivity contribution is 0.620. The number of fused-ring (bicyclic) bond motifs is 7. The Balaban J connectivity index is 1.05. The summed E-state index contributed by atoms with van der Waals surface area (Å²) < 4.78 is 11.4. The first-order chi connectivity index (χ1) is 29.2. The molecule has 8 aromatic carbocycles. The summed E-state index contributed by atoms with van der Waals surface area (Å²) in [5, 5.41) is 4.95. The molecule has 4 heterocycles. The van der Waals surface area contributed by atoms with Crippen LogP contribution in [0.15, 0.2) is 192 Å². The van der Waals surface area contributed by atoms with Crippen molar-refractivity contribution in [1.82, 2.24) is 24.5 Å². The third kappa shape index (κ3) is 5.55. The molecule has 0 saturated carbocycles. The molecule has 0 unspecified atom stereocenters. The van der Waals surface area contributed by atoms with E-state index >= 15 is 0 Å². The summed E-state index contributed by atoms with van der Waals surface area (Å²) in [6.07, 6.45) is 0. The Hall–Kier alpha value is -7.74. The Morgan fingerprint density at radius 2 is 0.983 bits per heavy atom. The van der Waals surface area contributed by atoms with E-state index in [0.717, 1.165) is 50.1 Å². The molecule has 12 aromatic rings. The van der Waals surface area contributed by atoms with Crippen LogP contribution in [0.5, 0.6) is 0 Å². The van der Waals surface area contributed by atoms with Gasteiger partial charge in [0.1, 0.15) is 5.52 Å². The number of hydrogen-bond acceptors (Lipinski definition) is 6. The van der Waals surface area contributed by atoms with Gasteiger partial charge in [0.2, 0.25) is 5.89 Å². The van der Waals surface area contributed by atoms with Gasteiger partial charge >= 0.3 is 0 Å². The maximum absolute atomic E-state index is 6.51. The molecule has 0 bridgehead atoms. The average molecular weight is 774 g/mol. The lowest BCUT2D eigenvalue weighted by atomic mass is 10.0. The van der Waals surface area contributed by atoms with Crippen LogP contribution in [-0.4, -0.2) is 24.5 Å². The molecule has 0 atom stereocenters. The van der Waals surface area contributed by atoms with Crippen molar-refractivity contribution in [3.8, 4) is 62.4 Å². The van der Waals surface area contributed by atoms with Crippen LogP contribution in [0.25, 0.3) is 116 Å². The highest BCUT2D eigenvalue weighted by molar-refractivity contribution is 7.26. The Labute approximate surface area is 342 Å². The van der Waals surface area contributed by atoms with E-state index in [1.807, 2.05) is 59.9 Å². The van der Waals surface area contributed by atoms with Crippen molar-refractivity contribution in [2.24, 2.45) is 0 Å². The SMILES string of the molecule is c1ccc(-c2nc3cccc(-c4nc(-c5cccc(-c6cccc7c6sc6ccccc67)c5)nc(-c5cccc(-n6c7ccccc7c7ccccc76)c5)n4)c3o2)cc1. The second-order valence-corrected chi connectivity index (χ2v) is 15.7. The summed E-state index contributed by atoms with van der Waals surface area (Å²) in [5.41, 5.74) is 10.3. The lowest BCUT2D eigenvalue weighted by Gasteiger charge is -2.12. The number of aromatic nitrogens is 5. The van der Waals surface area contributed by atoms with Crippen LogP contribution >= 0.6 is 11.3 Å². The number of thiophene rings is 1. The van der Waals surface area contributed by atoms with E-state index < -0.39 is 0 Å². The van der Waals surface area contributed by atoms with Gasteiger partial charge in [0.25, 0.3) is 0 Å². The molecule has 0 spiro atoms. The number of benzene rings is 8. The molecule has 0 aliphatic rings. The van der Waals surface area contributed by atoms with Gasteiger partial charge in [-0.2, -0.15) is 0 Å². The second-order valence-electron chi connectivity index (χ2n) is 14.6. The van der Waals surface area contributed by atoms with Gasteiger partial charge in [-0.15, -0.1) is 11.3 Å². The Kier molecular flexibility index (Phi) is 7.61. The van der Waals surface area contributed by atoms with E-state index in [9.17, 15) is 0 Å². The van der Waals surface area contributed by atoms with Gasteiger partial charge in [-0.1, -0.05) is 127 Å². The molecular weight excluding hydrogens is 743 g/mol. The minimum absolute atomic E-state index is 0.505. The highest BCUT2D eigenvalue weighted by Gasteiger charge is 2.20. The fraction of sp³-hybridized carbons (Fsp3) is 0. The van der Waals surface area contributed by atoms with E-state index in [1.165, 1.54) is 36.5 Å². The van der Waals surface area contributed by atoms with E-state index in [1.54, 1.807) is 0 Å². The normalized spacial score (nSPS) is 11.7. The van der Waals surface area contributed by atoms with Crippen molar-refractivity contribution in [2.45, 2.75) is 0 Å². The van der Waals surface area contributed by atoms with Crippen LogP contribution in [0.3, 0.4) is 0 Å². The Bertz CT molecular complexity index is 3530. The molecule has 59 heavy (non-hydrogen) atoms. The molecule has 4 aromatic heterocycles. The maximum atomic E-state index is 6.51. The van der Waals surface area contributed by atoms with Crippen LogP contribution in [0.4, 0.5) is 0 Å². The topological polar surface area (TPSA) is 69.6 Å². The highest BCUT2D eigenvalue weighted by atomic mass is 32.1.